The van der Waals surface area contributed by atoms with Crippen molar-refractivity contribution in [2.24, 2.45) is 0 Å². The summed E-state index contributed by atoms with van der Waals surface area (Å²) in [5.74, 6) is -1.04. The van der Waals surface area contributed by atoms with Crippen LogP contribution >= 0.6 is 0 Å². The van der Waals surface area contributed by atoms with Crippen molar-refractivity contribution in [3.8, 4) is 11.3 Å². The van der Waals surface area contributed by atoms with Crippen LogP contribution in [-0.2, 0) is 25.6 Å². The SMILES string of the molecule is CS(=O)(=O)c1ncc2nc(-c3ccc(NS(=O)(=O)Cc4ccccc4)c(F)c3)ccc2n1. The minimum absolute atomic E-state index is 0.174. The van der Waals surface area contributed by atoms with Gasteiger partial charge in [0, 0.05) is 11.8 Å². The van der Waals surface area contributed by atoms with Crippen molar-refractivity contribution in [2.75, 3.05) is 11.0 Å². The van der Waals surface area contributed by atoms with Crippen LogP contribution in [0.25, 0.3) is 22.3 Å². The monoisotopic (exact) mass is 472 g/mol. The Hall–Kier alpha value is -3.44. The molecule has 0 fully saturated rings. The number of hydrogen-bond acceptors (Lipinski definition) is 7. The molecule has 2 heterocycles. The van der Waals surface area contributed by atoms with Gasteiger partial charge < -0.3 is 0 Å². The minimum Gasteiger partial charge on any atom is -0.280 e. The number of aromatic nitrogens is 3. The van der Waals surface area contributed by atoms with Crippen LogP contribution in [0, 0.1) is 5.82 Å². The van der Waals surface area contributed by atoms with E-state index < -0.39 is 25.7 Å². The van der Waals surface area contributed by atoms with Gasteiger partial charge in [-0.1, -0.05) is 36.4 Å². The minimum atomic E-state index is -3.80. The Morgan fingerprint density at radius 2 is 1.66 bits per heavy atom. The van der Waals surface area contributed by atoms with Crippen LogP contribution < -0.4 is 4.72 Å². The molecule has 0 amide bonds. The van der Waals surface area contributed by atoms with Gasteiger partial charge in [0.15, 0.2) is 0 Å². The van der Waals surface area contributed by atoms with Crippen LogP contribution in [0.1, 0.15) is 5.56 Å². The van der Waals surface area contributed by atoms with Crippen molar-refractivity contribution in [3.05, 3.63) is 78.2 Å². The Morgan fingerprint density at radius 3 is 2.34 bits per heavy atom. The molecule has 0 aliphatic heterocycles. The molecule has 0 spiro atoms. The van der Waals surface area contributed by atoms with Gasteiger partial charge in [-0.05, 0) is 29.8 Å². The van der Waals surface area contributed by atoms with Crippen molar-refractivity contribution < 1.29 is 21.2 Å². The summed E-state index contributed by atoms with van der Waals surface area (Å²) >= 11 is 0. The number of rotatable bonds is 6. The summed E-state index contributed by atoms with van der Waals surface area (Å²) in [6.45, 7) is 0. The molecular formula is C21H17FN4O4S2. The summed E-state index contributed by atoms with van der Waals surface area (Å²) in [5, 5.41) is -0.308. The molecule has 2 aromatic heterocycles. The van der Waals surface area contributed by atoms with Crippen molar-refractivity contribution in [3.63, 3.8) is 0 Å². The van der Waals surface area contributed by atoms with Crippen molar-refractivity contribution >= 4 is 36.6 Å². The third-order valence-corrected chi connectivity index (χ3v) is 6.58. The third kappa shape index (κ3) is 4.89. The van der Waals surface area contributed by atoms with E-state index in [0.717, 1.165) is 6.26 Å². The van der Waals surface area contributed by atoms with E-state index in [2.05, 4.69) is 19.7 Å². The van der Waals surface area contributed by atoms with E-state index in [4.69, 9.17) is 0 Å². The van der Waals surface area contributed by atoms with E-state index in [1.807, 2.05) is 0 Å². The van der Waals surface area contributed by atoms with E-state index in [1.54, 1.807) is 42.5 Å². The molecule has 11 heteroatoms. The number of fused-ring (bicyclic) bond motifs is 1. The Bertz CT molecular complexity index is 1530. The molecule has 0 radical (unpaired) electrons. The summed E-state index contributed by atoms with van der Waals surface area (Å²) in [6.07, 6.45) is 2.29. The van der Waals surface area contributed by atoms with Gasteiger partial charge in [-0.25, -0.2) is 36.2 Å². The summed E-state index contributed by atoms with van der Waals surface area (Å²) in [4.78, 5) is 12.1. The standard InChI is InChI=1S/C21H17FN4O4S2/c1-31(27,28)21-23-12-20-19(25-21)10-9-17(24-20)15-7-8-18(16(22)11-15)26-32(29,30)13-14-5-3-2-4-6-14/h2-12,26H,13H2,1H3. The van der Waals surface area contributed by atoms with E-state index in [0.29, 0.717) is 27.9 Å². The molecule has 4 rings (SSSR count). The molecule has 0 unspecified atom stereocenters. The van der Waals surface area contributed by atoms with Crippen molar-refractivity contribution in [1.29, 1.82) is 0 Å². The van der Waals surface area contributed by atoms with E-state index in [9.17, 15) is 21.2 Å². The second-order valence-corrected chi connectivity index (χ2v) is 10.7. The lowest BCUT2D eigenvalue weighted by atomic mass is 10.1. The van der Waals surface area contributed by atoms with Crippen molar-refractivity contribution in [2.45, 2.75) is 10.9 Å². The lowest BCUT2D eigenvalue weighted by Gasteiger charge is -2.10. The molecule has 0 bridgehead atoms. The Morgan fingerprint density at radius 1 is 0.906 bits per heavy atom. The first kappa shape index (κ1) is 21.8. The van der Waals surface area contributed by atoms with Crippen molar-refractivity contribution in [1.82, 2.24) is 15.0 Å². The molecule has 1 N–H and O–H groups in total. The number of nitrogens with zero attached hydrogens (tertiary/aromatic N) is 3. The Balaban J connectivity index is 1.59. The number of hydrogen-bond donors (Lipinski definition) is 1. The van der Waals surface area contributed by atoms with Gasteiger partial charge in [0.1, 0.15) is 11.3 Å². The molecule has 164 valence electrons. The molecule has 8 nitrogen and oxygen atoms in total. The van der Waals surface area contributed by atoms with Gasteiger partial charge >= 0.3 is 0 Å². The first-order chi connectivity index (χ1) is 15.1. The fraction of sp³-hybridized carbons (Fsp3) is 0.0952. The second kappa shape index (κ2) is 8.24. The summed E-state index contributed by atoms with van der Waals surface area (Å²) in [6, 6.07) is 15.7. The molecule has 0 atom stereocenters. The largest absolute Gasteiger partial charge is 0.280 e. The van der Waals surface area contributed by atoms with Crippen LogP contribution in [0.15, 0.2) is 72.0 Å². The molecule has 0 aliphatic carbocycles. The van der Waals surface area contributed by atoms with E-state index in [-0.39, 0.29) is 16.6 Å². The molecule has 4 aromatic rings. The van der Waals surface area contributed by atoms with Gasteiger partial charge in [-0.15, -0.1) is 0 Å². The quantitative estimate of drug-likeness (QED) is 0.428. The summed E-state index contributed by atoms with van der Waals surface area (Å²) in [5.41, 5.74) is 1.87. The number of nitrogens with one attached hydrogen (secondary N) is 1. The lowest BCUT2D eigenvalue weighted by molar-refractivity contribution is 0.593. The highest BCUT2D eigenvalue weighted by molar-refractivity contribution is 7.92. The predicted octanol–water partition coefficient (Wildman–Crippen LogP) is 3.18. The van der Waals surface area contributed by atoms with Crippen LogP contribution in [0.3, 0.4) is 0 Å². The molecule has 0 saturated heterocycles. The first-order valence-corrected chi connectivity index (χ1v) is 12.8. The highest BCUT2D eigenvalue weighted by atomic mass is 32.2. The molecule has 2 aromatic carbocycles. The highest BCUT2D eigenvalue weighted by Gasteiger charge is 2.16. The van der Waals surface area contributed by atoms with Gasteiger partial charge in [0.05, 0.1) is 28.8 Å². The van der Waals surface area contributed by atoms with Crippen LogP contribution in [-0.4, -0.2) is 38.0 Å². The third-order valence-electron chi connectivity index (χ3n) is 4.48. The van der Waals surface area contributed by atoms with Crippen LogP contribution in [0.5, 0.6) is 0 Å². The van der Waals surface area contributed by atoms with Gasteiger partial charge in [-0.2, -0.15) is 0 Å². The number of benzene rings is 2. The number of sulfone groups is 1. The van der Waals surface area contributed by atoms with Gasteiger partial charge in [0.25, 0.3) is 0 Å². The first-order valence-electron chi connectivity index (χ1n) is 9.29. The maximum Gasteiger partial charge on any atom is 0.247 e. The highest BCUT2D eigenvalue weighted by Crippen LogP contribution is 2.25. The maximum absolute atomic E-state index is 14.7. The van der Waals surface area contributed by atoms with Gasteiger partial charge in [-0.3, -0.25) is 4.72 Å². The molecule has 0 aliphatic rings. The van der Waals surface area contributed by atoms with Gasteiger partial charge in [0.2, 0.25) is 25.0 Å². The number of halogens is 1. The topological polar surface area (TPSA) is 119 Å². The molecular weight excluding hydrogens is 455 g/mol. The average molecular weight is 473 g/mol. The predicted molar refractivity (Wildman–Crippen MR) is 119 cm³/mol. The lowest BCUT2D eigenvalue weighted by Crippen LogP contribution is -2.16. The number of sulfonamides is 1. The zero-order valence-electron chi connectivity index (χ0n) is 16.7. The fourth-order valence-corrected chi connectivity index (χ4v) is 4.71. The summed E-state index contributed by atoms with van der Waals surface area (Å²) < 4.78 is 64.9. The summed E-state index contributed by atoms with van der Waals surface area (Å²) in [7, 11) is -7.36. The fourth-order valence-electron chi connectivity index (χ4n) is 3.00. The maximum atomic E-state index is 14.7. The smallest absolute Gasteiger partial charge is 0.247 e. The van der Waals surface area contributed by atoms with Crippen LogP contribution in [0.2, 0.25) is 0 Å². The zero-order chi connectivity index (χ0) is 22.9. The molecule has 0 saturated carbocycles. The van der Waals surface area contributed by atoms with E-state index >= 15 is 0 Å². The zero-order valence-corrected chi connectivity index (χ0v) is 18.4. The Labute approximate surface area is 184 Å². The Kier molecular flexibility index (Phi) is 5.61. The molecule has 32 heavy (non-hydrogen) atoms. The average Bonchev–Trinajstić information content (AvgIpc) is 2.74. The second-order valence-electron chi connectivity index (χ2n) is 7.07. The number of anilines is 1. The normalized spacial score (nSPS) is 12.1. The number of pyridine rings is 1. The van der Waals surface area contributed by atoms with Crippen LogP contribution in [0.4, 0.5) is 10.1 Å². The van der Waals surface area contributed by atoms with E-state index in [1.165, 1.54) is 24.4 Å².